The van der Waals surface area contributed by atoms with E-state index in [2.05, 4.69) is 10.6 Å². The molecule has 7 nitrogen and oxygen atoms in total. The van der Waals surface area contributed by atoms with Gasteiger partial charge in [0.15, 0.2) is 11.5 Å². The Morgan fingerprint density at radius 2 is 1.87 bits per heavy atom. The van der Waals surface area contributed by atoms with Gasteiger partial charge in [0.25, 0.3) is 0 Å². The SMILES string of the molecule is O=C(/C=C/c1ccc2c(c1)OCO2)NC1CCCC(OC(=O)Nc2ccc(F)cc2)C1. The van der Waals surface area contributed by atoms with Crippen molar-refractivity contribution in [1.82, 2.24) is 5.32 Å². The Balaban J connectivity index is 1.24. The van der Waals surface area contributed by atoms with Crippen LogP contribution in [0.25, 0.3) is 6.08 Å². The smallest absolute Gasteiger partial charge is 0.411 e. The van der Waals surface area contributed by atoms with Crippen LogP contribution in [-0.2, 0) is 9.53 Å². The van der Waals surface area contributed by atoms with Gasteiger partial charge in [0.05, 0.1) is 0 Å². The summed E-state index contributed by atoms with van der Waals surface area (Å²) < 4.78 is 29.0. The van der Waals surface area contributed by atoms with Crippen LogP contribution in [0.5, 0.6) is 11.5 Å². The minimum absolute atomic E-state index is 0.0775. The van der Waals surface area contributed by atoms with Crippen LogP contribution in [0.2, 0.25) is 0 Å². The van der Waals surface area contributed by atoms with E-state index < -0.39 is 6.09 Å². The van der Waals surface area contributed by atoms with Gasteiger partial charge in [-0.15, -0.1) is 0 Å². The number of halogens is 1. The van der Waals surface area contributed by atoms with E-state index >= 15 is 0 Å². The number of hydrogen-bond acceptors (Lipinski definition) is 5. The van der Waals surface area contributed by atoms with E-state index in [1.807, 2.05) is 12.1 Å². The van der Waals surface area contributed by atoms with Crippen molar-refractivity contribution in [3.8, 4) is 11.5 Å². The van der Waals surface area contributed by atoms with Crippen molar-refractivity contribution in [3.63, 3.8) is 0 Å². The molecule has 0 saturated heterocycles. The Labute approximate surface area is 179 Å². The molecule has 4 rings (SSSR count). The molecular formula is C23H23FN2O5. The molecule has 0 bridgehead atoms. The maximum Gasteiger partial charge on any atom is 0.411 e. The van der Waals surface area contributed by atoms with E-state index in [0.29, 0.717) is 23.6 Å². The zero-order valence-corrected chi connectivity index (χ0v) is 16.8. The first kappa shape index (κ1) is 20.7. The number of amides is 2. The average Bonchev–Trinajstić information content (AvgIpc) is 3.22. The van der Waals surface area contributed by atoms with Crippen molar-refractivity contribution in [1.29, 1.82) is 0 Å². The molecule has 0 aromatic heterocycles. The quantitative estimate of drug-likeness (QED) is 0.699. The monoisotopic (exact) mass is 426 g/mol. The number of fused-ring (bicyclic) bond motifs is 1. The largest absolute Gasteiger partial charge is 0.454 e. The second-order valence-electron chi connectivity index (χ2n) is 7.48. The lowest BCUT2D eigenvalue weighted by molar-refractivity contribution is -0.117. The van der Waals surface area contributed by atoms with E-state index in [0.717, 1.165) is 24.8 Å². The van der Waals surface area contributed by atoms with E-state index in [1.54, 1.807) is 12.1 Å². The Hall–Kier alpha value is -3.55. The fourth-order valence-corrected chi connectivity index (χ4v) is 3.65. The number of benzene rings is 2. The van der Waals surface area contributed by atoms with Crippen molar-refractivity contribution in [3.05, 3.63) is 59.9 Å². The number of carbonyl (C=O) groups excluding carboxylic acids is 2. The fraction of sp³-hybridized carbons (Fsp3) is 0.304. The molecule has 0 radical (unpaired) electrons. The van der Waals surface area contributed by atoms with Gasteiger partial charge in [0, 0.05) is 24.2 Å². The number of hydrogen-bond donors (Lipinski definition) is 2. The molecule has 8 heteroatoms. The summed E-state index contributed by atoms with van der Waals surface area (Å²) in [7, 11) is 0. The van der Waals surface area contributed by atoms with Gasteiger partial charge in [-0.25, -0.2) is 9.18 Å². The molecule has 1 aliphatic carbocycles. The van der Waals surface area contributed by atoms with E-state index in [-0.39, 0.29) is 30.7 Å². The third kappa shape index (κ3) is 5.75. The lowest BCUT2D eigenvalue weighted by Crippen LogP contribution is -2.40. The highest BCUT2D eigenvalue weighted by Crippen LogP contribution is 2.32. The van der Waals surface area contributed by atoms with Crippen molar-refractivity contribution >= 4 is 23.8 Å². The van der Waals surface area contributed by atoms with Crippen molar-refractivity contribution in [2.45, 2.75) is 37.8 Å². The second kappa shape index (κ2) is 9.51. The highest BCUT2D eigenvalue weighted by Gasteiger charge is 2.25. The van der Waals surface area contributed by atoms with E-state index in [1.165, 1.54) is 30.3 Å². The Bertz CT molecular complexity index is 976. The summed E-state index contributed by atoms with van der Waals surface area (Å²) in [6.07, 6.45) is 5.24. The first-order valence-electron chi connectivity index (χ1n) is 10.2. The van der Waals surface area contributed by atoms with Crippen LogP contribution in [0.3, 0.4) is 0 Å². The van der Waals surface area contributed by atoms with Crippen LogP contribution in [0.4, 0.5) is 14.9 Å². The minimum atomic E-state index is -0.591. The molecule has 1 aliphatic heterocycles. The van der Waals surface area contributed by atoms with Gasteiger partial charge in [0.1, 0.15) is 11.9 Å². The molecule has 2 amide bonds. The predicted octanol–water partition coefficient (Wildman–Crippen LogP) is 4.24. The summed E-state index contributed by atoms with van der Waals surface area (Å²) in [6, 6.07) is 10.8. The minimum Gasteiger partial charge on any atom is -0.454 e. The molecule has 2 aromatic rings. The van der Waals surface area contributed by atoms with Crippen LogP contribution in [0, 0.1) is 5.82 Å². The van der Waals surface area contributed by atoms with Gasteiger partial charge in [-0.3, -0.25) is 10.1 Å². The van der Waals surface area contributed by atoms with Crippen molar-refractivity contribution in [2.24, 2.45) is 0 Å². The zero-order chi connectivity index (χ0) is 21.6. The highest BCUT2D eigenvalue weighted by molar-refractivity contribution is 5.92. The van der Waals surface area contributed by atoms with Gasteiger partial charge in [-0.05, 0) is 67.3 Å². The number of ether oxygens (including phenoxy) is 3. The lowest BCUT2D eigenvalue weighted by Gasteiger charge is -2.29. The van der Waals surface area contributed by atoms with Crippen molar-refractivity contribution < 1.29 is 28.2 Å². The molecule has 1 heterocycles. The molecule has 2 unspecified atom stereocenters. The molecule has 2 aliphatic rings. The predicted molar refractivity (Wildman–Crippen MR) is 112 cm³/mol. The third-order valence-electron chi connectivity index (χ3n) is 5.16. The van der Waals surface area contributed by atoms with Crippen LogP contribution in [0.1, 0.15) is 31.2 Å². The topological polar surface area (TPSA) is 85.9 Å². The summed E-state index contributed by atoms with van der Waals surface area (Å²) in [5.74, 6) is 0.767. The number of rotatable bonds is 5. The van der Waals surface area contributed by atoms with E-state index in [4.69, 9.17) is 14.2 Å². The molecule has 2 atom stereocenters. The maximum absolute atomic E-state index is 13.0. The van der Waals surface area contributed by atoms with Crippen LogP contribution in [-0.4, -0.2) is 30.9 Å². The van der Waals surface area contributed by atoms with E-state index in [9.17, 15) is 14.0 Å². The molecule has 2 aromatic carbocycles. The molecule has 2 N–H and O–H groups in total. The summed E-state index contributed by atoms with van der Waals surface area (Å²) in [6.45, 7) is 0.204. The number of carbonyl (C=O) groups is 2. The maximum atomic E-state index is 13.0. The molecular weight excluding hydrogens is 403 g/mol. The molecule has 31 heavy (non-hydrogen) atoms. The summed E-state index contributed by atoms with van der Waals surface area (Å²) in [5, 5.41) is 5.55. The molecule has 0 spiro atoms. The fourth-order valence-electron chi connectivity index (χ4n) is 3.65. The number of nitrogens with one attached hydrogen (secondary N) is 2. The van der Waals surface area contributed by atoms with Gasteiger partial charge in [-0.1, -0.05) is 6.07 Å². The van der Waals surface area contributed by atoms with Gasteiger partial charge < -0.3 is 19.5 Å². The summed E-state index contributed by atoms with van der Waals surface area (Å²) in [5.41, 5.74) is 1.29. The standard InChI is InChI=1S/C23H23FN2O5/c24-16-6-8-17(9-7-16)26-23(28)31-19-3-1-2-18(13-19)25-22(27)11-5-15-4-10-20-21(12-15)30-14-29-20/h4-12,18-19H,1-3,13-14H2,(H,25,27)(H,26,28)/b11-5+. The Kier molecular flexibility index (Phi) is 6.35. The van der Waals surface area contributed by atoms with Gasteiger partial charge in [-0.2, -0.15) is 0 Å². The Morgan fingerprint density at radius 3 is 2.71 bits per heavy atom. The molecule has 1 saturated carbocycles. The first-order chi connectivity index (χ1) is 15.0. The number of anilines is 1. The highest BCUT2D eigenvalue weighted by atomic mass is 19.1. The Morgan fingerprint density at radius 1 is 1.06 bits per heavy atom. The average molecular weight is 426 g/mol. The first-order valence-corrected chi connectivity index (χ1v) is 10.2. The summed E-state index contributed by atoms with van der Waals surface area (Å²) >= 11 is 0. The molecule has 1 fully saturated rings. The third-order valence-corrected chi connectivity index (χ3v) is 5.16. The normalized spacial score (nSPS) is 19.8. The van der Waals surface area contributed by atoms with Gasteiger partial charge in [0.2, 0.25) is 12.7 Å². The zero-order valence-electron chi connectivity index (χ0n) is 16.8. The van der Waals surface area contributed by atoms with Crippen molar-refractivity contribution in [2.75, 3.05) is 12.1 Å². The van der Waals surface area contributed by atoms with Crippen LogP contribution in [0.15, 0.2) is 48.5 Å². The second-order valence-corrected chi connectivity index (χ2v) is 7.48. The molecule has 162 valence electrons. The lowest BCUT2D eigenvalue weighted by atomic mass is 9.93. The summed E-state index contributed by atoms with van der Waals surface area (Å²) in [4.78, 5) is 24.4. The van der Waals surface area contributed by atoms with Crippen LogP contribution < -0.4 is 20.1 Å². The van der Waals surface area contributed by atoms with Crippen LogP contribution >= 0.6 is 0 Å². The van der Waals surface area contributed by atoms with Gasteiger partial charge >= 0.3 is 6.09 Å².